The molecule has 0 radical (unpaired) electrons. The van der Waals surface area contributed by atoms with Crippen LogP contribution in [0.5, 0.6) is 0 Å². The Morgan fingerprint density at radius 1 is 0.600 bits per heavy atom. The van der Waals surface area contributed by atoms with Crippen molar-refractivity contribution in [1.29, 1.82) is 0 Å². The van der Waals surface area contributed by atoms with Gasteiger partial charge in [0.25, 0.3) is 23.6 Å². The summed E-state index contributed by atoms with van der Waals surface area (Å²) in [6, 6.07) is 10.6. The van der Waals surface area contributed by atoms with E-state index in [-0.39, 0.29) is 29.3 Å². The Hall–Kier alpha value is -3.81. The number of carbonyl (C=O) groups excluding carboxylic acids is 4. The van der Waals surface area contributed by atoms with E-state index in [4.69, 9.17) is 4.42 Å². The maximum atomic E-state index is 10.7. The fourth-order valence-corrected chi connectivity index (χ4v) is 1.72. The zero-order valence-electron chi connectivity index (χ0n) is 12.7. The van der Waals surface area contributed by atoms with E-state index in [1.54, 1.807) is 12.1 Å². The van der Waals surface area contributed by atoms with Crippen LogP contribution < -0.4 is 16.3 Å². The van der Waals surface area contributed by atoms with Crippen LogP contribution in [0.4, 0.5) is 0 Å². The van der Waals surface area contributed by atoms with Gasteiger partial charge in [-0.25, -0.2) is 4.79 Å². The molecule has 2 N–H and O–H groups in total. The number of para-hydroxylation sites is 1. The van der Waals surface area contributed by atoms with Crippen LogP contribution in [0.1, 0.15) is 0 Å². The zero-order chi connectivity index (χ0) is 18.2. The third-order valence-corrected chi connectivity index (χ3v) is 2.79. The molecule has 0 saturated heterocycles. The standard InChI is InChI=1S/C9H6O2.2C4H3NO2/c10-9-6-5-7-3-1-2-4-8(7)11-9;2*6-3-1-2-4(7)5-3/h1-6H;2*1-2H,(H,5,6,7). The van der Waals surface area contributed by atoms with Gasteiger partial charge in [0.2, 0.25) is 0 Å². The molecule has 0 unspecified atom stereocenters. The molecule has 4 rings (SSSR count). The molecular weight excluding hydrogens is 328 g/mol. The van der Waals surface area contributed by atoms with E-state index < -0.39 is 0 Å². The number of benzene rings is 1. The van der Waals surface area contributed by atoms with Crippen LogP contribution >= 0.6 is 0 Å². The van der Waals surface area contributed by atoms with E-state index in [1.807, 2.05) is 28.8 Å². The number of hydrogen-bond donors (Lipinski definition) is 2. The molecule has 0 saturated carbocycles. The number of hydrogen-bond acceptors (Lipinski definition) is 6. The number of fused-ring (bicyclic) bond motifs is 1. The van der Waals surface area contributed by atoms with Gasteiger partial charge in [0.1, 0.15) is 5.58 Å². The van der Waals surface area contributed by atoms with Gasteiger partial charge in [-0.2, -0.15) is 0 Å². The smallest absolute Gasteiger partial charge is 0.336 e. The zero-order valence-corrected chi connectivity index (χ0v) is 12.7. The fourth-order valence-electron chi connectivity index (χ4n) is 1.72. The van der Waals surface area contributed by atoms with Crippen molar-refractivity contribution in [2.24, 2.45) is 0 Å². The lowest BCUT2D eigenvalue weighted by Gasteiger charge is -1.91. The number of amides is 4. The van der Waals surface area contributed by atoms with Gasteiger partial charge in [-0.15, -0.1) is 0 Å². The Balaban J connectivity index is 0.000000142. The molecule has 4 amide bonds. The Kier molecular flexibility index (Phi) is 5.72. The van der Waals surface area contributed by atoms with E-state index in [2.05, 4.69) is 0 Å². The molecule has 2 aromatic rings. The van der Waals surface area contributed by atoms with Crippen LogP contribution in [0.25, 0.3) is 11.0 Å². The molecule has 8 nitrogen and oxygen atoms in total. The highest BCUT2D eigenvalue weighted by Crippen LogP contribution is 2.08. The molecule has 0 spiro atoms. The molecular formula is C17H12N2O6. The van der Waals surface area contributed by atoms with E-state index in [0.717, 1.165) is 5.39 Å². The Morgan fingerprint density at radius 3 is 1.52 bits per heavy atom. The molecule has 0 bridgehead atoms. The lowest BCUT2D eigenvalue weighted by atomic mass is 10.2. The Labute approximate surface area is 140 Å². The Bertz CT molecular complexity index is 887. The van der Waals surface area contributed by atoms with Gasteiger partial charge in [0.15, 0.2) is 0 Å². The number of nitrogens with one attached hydrogen (secondary N) is 2. The highest BCUT2D eigenvalue weighted by Gasteiger charge is 2.07. The van der Waals surface area contributed by atoms with Crippen molar-refractivity contribution in [2.75, 3.05) is 0 Å². The van der Waals surface area contributed by atoms with E-state index in [9.17, 15) is 24.0 Å². The fraction of sp³-hybridized carbons (Fsp3) is 0. The van der Waals surface area contributed by atoms with E-state index >= 15 is 0 Å². The topological polar surface area (TPSA) is 123 Å². The first-order chi connectivity index (χ1) is 11.9. The van der Waals surface area contributed by atoms with Gasteiger partial charge in [-0.05, 0) is 12.1 Å². The van der Waals surface area contributed by atoms with Crippen LogP contribution in [0, 0.1) is 0 Å². The second-order valence-electron chi connectivity index (χ2n) is 4.67. The normalized spacial score (nSPS) is 14.4. The van der Waals surface area contributed by atoms with Crippen LogP contribution in [0.2, 0.25) is 0 Å². The van der Waals surface area contributed by atoms with Crippen LogP contribution in [-0.2, 0) is 19.2 Å². The van der Waals surface area contributed by atoms with Crippen molar-refractivity contribution < 1.29 is 23.6 Å². The first-order valence-corrected chi connectivity index (χ1v) is 6.99. The average molecular weight is 340 g/mol. The largest absolute Gasteiger partial charge is 0.423 e. The van der Waals surface area contributed by atoms with E-state index in [0.29, 0.717) is 5.58 Å². The molecule has 0 atom stereocenters. The number of carbonyl (C=O) groups is 4. The van der Waals surface area contributed by atoms with Crippen molar-refractivity contribution in [1.82, 2.24) is 10.6 Å². The maximum absolute atomic E-state index is 10.7. The van der Waals surface area contributed by atoms with Gasteiger partial charge in [0.05, 0.1) is 0 Å². The summed E-state index contributed by atoms with van der Waals surface area (Å²) < 4.78 is 4.91. The maximum Gasteiger partial charge on any atom is 0.336 e. The third kappa shape index (κ3) is 5.71. The van der Waals surface area contributed by atoms with E-state index in [1.165, 1.54) is 30.4 Å². The van der Waals surface area contributed by atoms with Crippen molar-refractivity contribution >= 4 is 34.6 Å². The van der Waals surface area contributed by atoms with Crippen molar-refractivity contribution in [3.63, 3.8) is 0 Å². The first-order valence-electron chi connectivity index (χ1n) is 6.99. The predicted molar refractivity (Wildman–Crippen MR) is 87.1 cm³/mol. The van der Waals surface area contributed by atoms with Gasteiger partial charge in [-0.1, -0.05) is 18.2 Å². The number of rotatable bonds is 0. The lowest BCUT2D eigenvalue weighted by Crippen LogP contribution is -2.19. The SMILES string of the molecule is O=C1C=CC(=O)N1.O=C1C=CC(=O)N1.O=c1ccc2ccccc2o1. The summed E-state index contributed by atoms with van der Waals surface area (Å²) >= 11 is 0. The summed E-state index contributed by atoms with van der Waals surface area (Å²) in [6.07, 6.45) is 4.79. The summed E-state index contributed by atoms with van der Waals surface area (Å²) in [7, 11) is 0. The van der Waals surface area contributed by atoms with Crippen molar-refractivity contribution in [3.05, 3.63) is 71.1 Å². The quantitative estimate of drug-likeness (QED) is 0.521. The molecule has 2 aliphatic heterocycles. The number of imide groups is 2. The van der Waals surface area contributed by atoms with Crippen molar-refractivity contribution in [3.8, 4) is 0 Å². The third-order valence-electron chi connectivity index (χ3n) is 2.79. The van der Waals surface area contributed by atoms with Gasteiger partial charge >= 0.3 is 5.63 Å². The predicted octanol–water partition coefficient (Wildman–Crippen LogP) is 0.191. The molecule has 1 aromatic carbocycles. The average Bonchev–Trinajstić information content (AvgIpc) is 3.15. The molecule has 0 aliphatic carbocycles. The monoisotopic (exact) mass is 340 g/mol. The lowest BCUT2D eigenvalue weighted by molar-refractivity contribution is -0.125. The molecule has 25 heavy (non-hydrogen) atoms. The molecule has 3 heterocycles. The second-order valence-corrected chi connectivity index (χ2v) is 4.67. The minimum atomic E-state index is -0.329. The summed E-state index contributed by atoms with van der Waals surface area (Å²) in [5, 5.41) is 5.01. The van der Waals surface area contributed by atoms with Crippen LogP contribution in [-0.4, -0.2) is 23.6 Å². The van der Waals surface area contributed by atoms with Gasteiger partial charge < -0.3 is 4.42 Å². The summed E-state index contributed by atoms with van der Waals surface area (Å²) in [4.78, 5) is 50.9. The summed E-state index contributed by atoms with van der Waals surface area (Å²) in [5.74, 6) is -1.31. The highest BCUT2D eigenvalue weighted by atomic mass is 16.4. The van der Waals surface area contributed by atoms with Crippen LogP contribution in [0.3, 0.4) is 0 Å². The molecule has 2 aliphatic rings. The minimum Gasteiger partial charge on any atom is -0.423 e. The second kappa shape index (κ2) is 8.16. The summed E-state index contributed by atoms with van der Waals surface area (Å²) in [6.45, 7) is 0. The minimum absolute atomic E-state index is 0.302. The van der Waals surface area contributed by atoms with Crippen molar-refractivity contribution in [2.45, 2.75) is 0 Å². The Morgan fingerprint density at radius 2 is 1.08 bits per heavy atom. The molecule has 126 valence electrons. The summed E-state index contributed by atoms with van der Waals surface area (Å²) in [5.41, 5.74) is 0.337. The first kappa shape index (κ1) is 17.5. The molecule has 0 fully saturated rings. The molecule has 8 heteroatoms. The van der Waals surface area contributed by atoms with Gasteiger partial charge in [-0.3, -0.25) is 29.8 Å². The van der Waals surface area contributed by atoms with Gasteiger partial charge in [0, 0.05) is 35.8 Å². The molecule has 1 aromatic heterocycles. The van der Waals surface area contributed by atoms with Crippen LogP contribution in [0.15, 0.2) is 69.9 Å². The highest BCUT2D eigenvalue weighted by molar-refractivity contribution is 6.13.